The molecular weight excluding hydrogens is 225 g/mol. The molecule has 1 aliphatic rings. The molecule has 0 aliphatic carbocycles. The van der Waals surface area contributed by atoms with E-state index < -0.39 is 11.6 Å². The summed E-state index contributed by atoms with van der Waals surface area (Å²) in [4.78, 5) is 11.8. The zero-order valence-corrected chi connectivity index (χ0v) is 9.44. The summed E-state index contributed by atoms with van der Waals surface area (Å²) < 4.78 is 18.3. The lowest BCUT2D eigenvalue weighted by Crippen LogP contribution is -2.27. The van der Waals surface area contributed by atoms with Crippen molar-refractivity contribution in [3.05, 3.63) is 24.0 Å². The molecule has 0 bridgehead atoms. The highest BCUT2D eigenvalue weighted by Crippen LogP contribution is 2.24. The van der Waals surface area contributed by atoms with Crippen LogP contribution in [0.25, 0.3) is 0 Å². The summed E-state index contributed by atoms with van der Waals surface area (Å²) in [5.74, 6) is -1.56. The minimum Gasteiger partial charge on any atom is -0.505 e. The second-order valence-corrected chi connectivity index (χ2v) is 4.13. The lowest BCUT2D eigenvalue weighted by atomic mass is 10.0. The quantitative estimate of drug-likeness (QED) is 0.775. The molecule has 0 aromatic heterocycles. The molecule has 1 saturated heterocycles. The van der Waals surface area contributed by atoms with E-state index in [0.717, 1.165) is 6.07 Å². The molecule has 1 fully saturated rings. The molecule has 5 heteroatoms. The van der Waals surface area contributed by atoms with Crippen LogP contribution < -0.4 is 5.32 Å². The summed E-state index contributed by atoms with van der Waals surface area (Å²) in [6.45, 7) is 2.41. The maximum absolute atomic E-state index is 13.1. The highest BCUT2D eigenvalue weighted by atomic mass is 19.1. The lowest BCUT2D eigenvalue weighted by molar-refractivity contribution is -0.121. The monoisotopic (exact) mass is 239 g/mol. The van der Waals surface area contributed by atoms with Gasteiger partial charge in [0.2, 0.25) is 5.91 Å². The predicted octanol–water partition coefficient (Wildman–Crippen LogP) is 1.89. The fourth-order valence-corrected chi connectivity index (χ4v) is 1.90. The number of phenolic OH excluding ortho intramolecular Hbond substituents is 1. The van der Waals surface area contributed by atoms with Crippen molar-refractivity contribution in [2.24, 2.45) is 5.92 Å². The van der Waals surface area contributed by atoms with E-state index in [4.69, 9.17) is 9.84 Å². The zero-order valence-electron chi connectivity index (χ0n) is 9.44. The molecule has 2 N–H and O–H groups in total. The Morgan fingerprint density at radius 2 is 2.35 bits per heavy atom. The molecule has 2 unspecified atom stereocenters. The minimum absolute atomic E-state index is 0.114. The number of benzene rings is 1. The van der Waals surface area contributed by atoms with Gasteiger partial charge in [0.1, 0.15) is 0 Å². The molecule has 0 spiro atoms. The summed E-state index contributed by atoms with van der Waals surface area (Å²) in [5, 5.41) is 11.6. The number of ether oxygens (including phenoxy) is 1. The average Bonchev–Trinajstić information content (AvgIpc) is 2.70. The van der Waals surface area contributed by atoms with Crippen molar-refractivity contribution in [3.63, 3.8) is 0 Å². The SMILES string of the molecule is CC1OCCC1C(=O)Nc1ccc(O)c(F)c1. The van der Waals surface area contributed by atoms with Crippen LogP contribution in [-0.2, 0) is 9.53 Å². The number of phenols is 1. The lowest BCUT2D eigenvalue weighted by Gasteiger charge is -2.14. The van der Waals surface area contributed by atoms with Crippen LogP contribution in [0.2, 0.25) is 0 Å². The summed E-state index contributed by atoms with van der Waals surface area (Å²) in [7, 11) is 0. The molecule has 0 radical (unpaired) electrons. The Balaban J connectivity index is 2.05. The van der Waals surface area contributed by atoms with Gasteiger partial charge in [-0.1, -0.05) is 0 Å². The van der Waals surface area contributed by atoms with E-state index in [-0.39, 0.29) is 17.9 Å². The van der Waals surface area contributed by atoms with E-state index in [1.54, 1.807) is 0 Å². The van der Waals surface area contributed by atoms with Gasteiger partial charge in [0.05, 0.1) is 12.0 Å². The van der Waals surface area contributed by atoms with Gasteiger partial charge in [-0.3, -0.25) is 4.79 Å². The van der Waals surface area contributed by atoms with Crippen LogP contribution in [-0.4, -0.2) is 23.7 Å². The first kappa shape index (κ1) is 11.9. The Morgan fingerprint density at radius 1 is 1.59 bits per heavy atom. The van der Waals surface area contributed by atoms with E-state index in [1.807, 2.05) is 6.92 Å². The van der Waals surface area contributed by atoms with Crippen molar-refractivity contribution >= 4 is 11.6 Å². The van der Waals surface area contributed by atoms with E-state index >= 15 is 0 Å². The Bertz CT molecular complexity index is 436. The van der Waals surface area contributed by atoms with Gasteiger partial charge in [-0.25, -0.2) is 4.39 Å². The van der Waals surface area contributed by atoms with Gasteiger partial charge in [0, 0.05) is 18.4 Å². The second-order valence-electron chi connectivity index (χ2n) is 4.13. The zero-order chi connectivity index (χ0) is 12.4. The summed E-state index contributed by atoms with van der Waals surface area (Å²) in [6.07, 6.45) is 0.560. The van der Waals surface area contributed by atoms with Crippen LogP contribution in [0.1, 0.15) is 13.3 Å². The minimum atomic E-state index is -0.751. The van der Waals surface area contributed by atoms with Gasteiger partial charge >= 0.3 is 0 Å². The maximum atomic E-state index is 13.1. The molecule has 92 valence electrons. The molecule has 17 heavy (non-hydrogen) atoms. The smallest absolute Gasteiger partial charge is 0.230 e. The third-order valence-corrected chi connectivity index (χ3v) is 2.93. The Kier molecular flexibility index (Phi) is 3.28. The van der Waals surface area contributed by atoms with Crippen LogP contribution in [0.3, 0.4) is 0 Å². The van der Waals surface area contributed by atoms with Gasteiger partial charge in [-0.15, -0.1) is 0 Å². The normalized spacial score (nSPS) is 23.6. The van der Waals surface area contributed by atoms with E-state index in [2.05, 4.69) is 5.32 Å². The van der Waals surface area contributed by atoms with Crippen LogP contribution in [0, 0.1) is 11.7 Å². The molecule has 0 saturated carbocycles. The first-order valence-corrected chi connectivity index (χ1v) is 5.49. The molecule has 1 amide bonds. The van der Waals surface area contributed by atoms with E-state index in [0.29, 0.717) is 18.7 Å². The van der Waals surface area contributed by atoms with Crippen molar-refractivity contribution < 1.29 is 19.0 Å². The van der Waals surface area contributed by atoms with Crippen LogP contribution in [0.4, 0.5) is 10.1 Å². The van der Waals surface area contributed by atoms with Gasteiger partial charge < -0.3 is 15.2 Å². The molecule has 1 aromatic rings. The number of nitrogens with one attached hydrogen (secondary N) is 1. The third-order valence-electron chi connectivity index (χ3n) is 2.93. The fraction of sp³-hybridized carbons (Fsp3) is 0.417. The van der Waals surface area contributed by atoms with Crippen LogP contribution >= 0.6 is 0 Å². The standard InChI is InChI=1S/C12H14FNO3/c1-7-9(4-5-17-7)12(16)14-8-2-3-11(15)10(13)6-8/h2-3,6-7,9,15H,4-5H2,1H3,(H,14,16). The Labute approximate surface area is 98.4 Å². The van der Waals surface area contributed by atoms with Crippen LogP contribution in [0.5, 0.6) is 5.75 Å². The highest BCUT2D eigenvalue weighted by molar-refractivity contribution is 5.93. The fourth-order valence-electron chi connectivity index (χ4n) is 1.90. The van der Waals surface area contributed by atoms with E-state index in [9.17, 15) is 9.18 Å². The van der Waals surface area contributed by atoms with Crippen molar-refractivity contribution in [2.75, 3.05) is 11.9 Å². The van der Waals surface area contributed by atoms with Crippen molar-refractivity contribution in [1.82, 2.24) is 0 Å². The van der Waals surface area contributed by atoms with Crippen molar-refractivity contribution in [1.29, 1.82) is 0 Å². The number of carbonyl (C=O) groups excluding carboxylic acids is 1. The van der Waals surface area contributed by atoms with Gasteiger partial charge in [0.25, 0.3) is 0 Å². The second kappa shape index (κ2) is 4.71. The van der Waals surface area contributed by atoms with Gasteiger partial charge in [-0.05, 0) is 25.5 Å². The number of aromatic hydroxyl groups is 1. The topological polar surface area (TPSA) is 58.6 Å². The predicted molar refractivity (Wildman–Crippen MR) is 60.2 cm³/mol. The number of hydrogen-bond donors (Lipinski definition) is 2. The largest absolute Gasteiger partial charge is 0.505 e. The molecule has 4 nitrogen and oxygen atoms in total. The number of halogens is 1. The van der Waals surface area contributed by atoms with Crippen molar-refractivity contribution in [3.8, 4) is 5.75 Å². The summed E-state index contributed by atoms with van der Waals surface area (Å²) >= 11 is 0. The Morgan fingerprint density at radius 3 is 2.94 bits per heavy atom. The Hall–Kier alpha value is -1.62. The molecule has 1 aliphatic heterocycles. The average molecular weight is 239 g/mol. The number of hydrogen-bond acceptors (Lipinski definition) is 3. The van der Waals surface area contributed by atoms with Gasteiger partial charge in [0.15, 0.2) is 11.6 Å². The molecule has 1 aromatic carbocycles. The van der Waals surface area contributed by atoms with Crippen LogP contribution in [0.15, 0.2) is 18.2 Å². The third kappa shape index (κ3) is 2.55. The van der Waals surface area contributed by atoms with Crippen molar-refractivity contribution in [2.45, 2.75) is 19.4 Å². The molecular formula is C12H14FNO3. The number of anilines is 1. The summed E-state index contributed by atoms with van der Waals surface area (Å²) in [6, 6.07) is 3.75. The molecule has 1 heterocycles. The first-order valence-electron chi connectivity index (χ1n) is 5.49. The van der Waals surface area contributed by atoms with E-state index in [1.165, 1.54) is 12.1 Å². The number of rotatable bonds is 2. The summed E-state index contributed by atoms with van der Waals surface area (Å²) in [5.41, 5.74) is 0.337. The molecule has 2 atom stereocenters. The highest BCUT2D eigenvalue weighted by Gasteiger charge is 2.30. The van der Waals surface area contributed by atoms with Gasteiger partial charge in [-0.2, -0.15) is 0 Å². The number of amides is 1. The molecule has 2 rings (SSSR count). The number of carbonyl (C=O) groups is 1. The first-order chi connectivity index (χ1) is 8.08. The maximum Gasteiger partial charge on any atom is 0.230 e.